The van der Waals surface area contributed by atoms with Crippen molar-refractivity contribution >= 4 is 11.9 Å². The van der Waals surface area contributed by atoms with Gasteiger partial charge in [-0.2, -0.15) is 5.10 Å². The van der Waals surface area contributed by atoms with Gasteiger partial charge in [-0.25, -0.2) is 0 Å². The van der Waals surface area contributed by atoms with Gasteiger partial charge >= 0.3 is 0 Å². The second-order valence-electron chi connectivity index (χ2n) is 3.98. The normalized spacial score (nSPS) is 17.9. The van der Waals surface area contributed by atoms with Crippen molar-refractivity contribution in [2.24, 2.45) is 5.10 Å². The highest BCUT2D eigenvalue weighted by Crippen LogP contribution is 2.06. The molecule has 0 aliphatic carbocycles. The molecular formula is C12H18N2O5. The van der Waals surface area contributed by atoms with E-state index in [1.807, 2.05) is 6.07 Å². The van der Waals surface area contributed by atoms with E-state index >= 15 is 0 Å². The van der Waals surface area contributed by atoms with E-state index in [-0.39, 0.29) is 0 Å². The number of hydrogen-bond acceptors (Lipinski definition) is 7. The second kappa shape index (κ2) is 7.82. The molecule has 1 aromatic carbocycles. The molecule has 106 valence electrons. The van der Waals surface area contributed by atoms with Crippen LogP contribution in [-0.2, 0) is 0 Å². The Morgan fingerprint density at radius 2 is 1.68 bits per heavy atom. The minimum atomic E-state index is -1.66. The fraction of sp³-hybridized carbons (Fsp3) is 0.417. The molecule has 0 aliphatic rings. The number of nitrogens with one attached hydrogen (secondary N) is 1. The molecule has 0 heterocycles. The van der Waals surface area contributed by atoms with Gasteiger partial charge in [0.05, 0.1) is 18.5 Å². The Balaban J connectivity index is 2.47. The molecule has 0 bridgehead atoms. The molecule has 0 unspecified atom stereocenters. The van der Waals surface area contributed by atoms with Crippen LogP contribution >= 0.6 is 0 Å². The van der Waals surface area contributed by atoms with E-state index in [1.54, 1.807) is 24.3 Å². The molecule has 1 rings (SSSR count). The van der Waals surface area contributed by atoms with Crippen LogP contribution in [0.25, 0.3) is 0 Å². The highest BCUT2D eigenvalue weighted by molar-refractivity contribution is 5.65. The molecule has 4 atom stereocenters. The summed E-state index contributed by atoms with van der Waals surface area (Å²) in [6.45, 7) is -0.718. The number of hydrazone groups is 1. The Bertz CT molecular complexity index is 387. The second-order valence-corrected chi connectivity index (χ2v) is 3.98. The summed E-state index contributed by atoms with van der Waals surface area (Å²) < 4.78 is 0. The minimum Gasteiger partial charge on any atom is -0.394 e. The first-order valence-electron chi connectivity index (χ1n) is 5.73. The number of anilines is 1. The first-order valence-corrected chi connectivity index (χ1v) is 5.73. The fourth-order valence-corrected chi connectivity index (χ4v) is 1.33. The van der Waals surface area contributed by atoms with E-state index in [2.05, 4.69) is 10.5 Å². The molecule has 0 saturated carbocycles. The van der Waals surface area contributed by atoms with Crippen molar-refractivity contribution in [3.05, 3.63) is 30.3 Å². The molecule has 7 nitrogen and oxygen atoms in total. The average Bonchev–Trinajstić information content (AvgIpc) is 2.45. The van der Waals surface area contributed by atoms with Crippen molar-refractivity contribution in [1.29, 1.82) is 0 Å². The van der Waals surface area contributed by atoms with Crippen molar-refractivity contribution in [3.8, 4) is 0 Å². The van der Waals surface area contributed by atoms with Crippen molar-refractivity contribution in [3.63, 3.8) is 0 Å². The van der Waals surface area contributed by atoms with Gasteiger partial charge in [-0.1, -0.05) is 18.2 Å². The van der Waals surface area contributed by atoms with Crippen LogP contribution in [-0.4, -0.2) is 62.8 Å². The van der Waals surface area contributed by atoms with Crippen LogP contribution in [0.3, 0.4) is 0 Å². The third-order valence-corrected chi connectivity index (χ3v) is 2.48. The number of rotatable bonds is 7. The maximum atomic E-state index is 9.52. The Hall–Kier alpha value is -1.51. The van der Waals surface area contributed by atoms with Gasteiger partial charge in [-0.3, -0.25) is 5.43 Å². The van der Waals surface area contributed by atoms with E-state index in [4.69, 9.17) is 10.2 Å². The zero-order valence-corrected chi connectivity index (χ0v) is 10.2. The molecule has 6 N–H and O–H groups in total. The number of benzene rings is 1. The summed E-state index contributed by atoms with van der Waals surface area (Å²) in [5, 5.41) is 49.8. The monoisotopic (exact) mass is 270 g/mol. The fourth-order valence-electron chi connectivity index (χ4n) is 1.33. The molecule has 0 saturated heterocycles. The van der Waals surface area contributed by atoms with E-state index in [0.717, 1.165) is 6.21 Å². The van der Waals surface area contributed by atoms with Crippen molar-refractivity contribution < 1.29 is 25.5 Å². The van der Waals surface area contributed by atoms with Gasteiger partial charge in [0, 0.05) is 0 Å². The average molecular weight is 270 g/mol. The van der Waals surface area contributed by atoms with Gasteiger partial charge in [-0.05, 0) is 12.1 Å². The summed E-state index contributed by atoms with van der Waals surface area (Å²) in [5.74, 6) is 0. The quantitative estimate of drug-likeness (QED) is 0.265. The molecule has 0 spiro atoms. The maximum absolute atomic E-state index is 9.52. The predicted molar refractivity (Wildman–Crippen MR) is 69.7 cm³/mol. The van der Waals surface area contributed by atoms with Crippen LogP contribution in [0.15, 0.2) is 35.4 Å². The topological polar surface area (TPSA) is 126 Å². The van der Waals surface area contributed by atoms with Gasteiger partial charge in [0.2, 0.25) is 0 Å². The van der Waals surface area contributed by atoms with Gasteiger partial charge < -0.3 is 25.5 Å². The Kier molecular flexibility index (Phi) is 6.40. The molecule has 1 aromatic rings. The Morgan fingerprint density at radius 1 is 1.05 bits per heavy atom. The van der Waals surface area contributed by atoms with Crippen LogP contribution in [0.2, 0.25) is 0 Å². The van der Waals surface area contributed by atoms with Crippen LogP contribution in [0.1, 0.15) is 0 Å². The van der Waals surface area contributed by atoms with Crippen LogP contribution in [0.4, 0.5) is 5.69 Å². The van der Waals surface area contributed by atoms with E-state index in [1.165, 1.54) is 0 Å². The molecule has 0 aromatic heterocycles. The predicted octanol–water partition coefficient (Wildman–Crippen LogP) is -1.48. The summed E-state index contributed by atoms with van der Waals surface area (Å²) in [7, 11) is 0. The largest absolute Gasteiger partial charge is 0.394 e. The van der Waals surface area contributed by atoms with E-state index in [0.29, 0.717) is 5.69 Å². The summed E-state index contributed by atoms with van der Waals surface area (Å²) in [5.41, 5.74) is 3.31. The van der Waals surface area contributed by atoms with Crippen molar-refractivity contribution in [2.75, 3.05) is 12.0 Å². The number of nitrogens with zero attached hydrogens (tertiary/aromatic N) is 1. The van der Waals surface area contributed by atoms with Gasteiger partial charge in [0.15, 0.2) is 0 Å². The summed E-state index contributed by atoms with van der Waals surface area (Å²) in [6, 6.07) is 8.93. The molecular weight excluding hydrogens is 252 g/mol. The number of aliphatic hydroxyl groups excluding tert-OH is 5. The van der Waals surface area contributed by atoms with Gasteiger partial charge in [-0.15, -0.1) is 0 Å². The first kappa shape index (κ1) is 15.5. The van der Waals surface area contributed by atoms with E-state index < -0.39 is 31.0 Å². The smallest absolute Gasteiger partial charge is 0.119 e. The molecule has 0 amide bonds. The zero-order chi connectivity index (χ0) is 14.3. The molecule has 0 radical (unpaired) electrons. The maximum Gasteiger partial charge on any atom is 0.119 e. The highest BCUT2D eigenvalue weighted by Gasteiger charge is 2.29. The third-order valence-electron chi connectivity index (χ3n) is 2.48. The van der Waals surface area contributed by atoms with Gasteiger partial charge in [0.1, 0.15) is 24.4 Å². The van der Waals surface area contributed by atoms with Crippen LogP contribution < -0.4 is 5.43 Å². The highest BCUT2D eigenvalue weighted by atomic mass is 16.4. The van der Waals surface area contributed by atoms with Crippen LogP contribution in [0.5, 0.6) is 0 Å². The summed E-state index contributed by atoms with van der Waals surface area (Å²) >= 11 is 0. The lowest BCUT2D eigenvalue weighted by Gasteiger charge is -2.23. The molecule has 0 aliphatic heterocycles. The number of para-hydroxylation sites is 1. The summed E-state index contributed by atoms with van der Waals surface area (Å²) in [4.78, 5) is 0. The van der Waals surface area contributed by atoms with Crippen LogP contribution in [0, 0.1) is 0 Å². The van der Waals surface area contributed by atoms with Crippen molar-refractivity contribution in [1.82, 2.24) is 0 Å². The first-order chi connectivity index (χ1) is 9.06. The third kappa shape index (κ3) is 4.93. The lowest BCUT2D eigenvalue weighted by Crippen LogP contribution is -2.46. The van der Waals surface area contributed by atoms with Crippen molar-refractivity contribution in [2.45, 2.75) is 24.4 Å². The lowest BCUT2D eigenvalue weighted by molar-refractivity contribution is -0.0999. The number of hydrogen-bond donors (Lipinski definition) is 6. The Labute approximate surface area is 110 Å². The SMILES string of the molecule is OC[C@@H](O)[C@@H](O)[C@@H](O)[C@@H](O)/C=N\Nc1ccccc1. The lowest BCUT2D eigenvalue weighted by atomic mass is 10.0. The summed E-state index contributed by atoms with van der Waals surface area (Å²) in [6.07, 6.45) is -5.33. The Morgan fingerprint density at radius 3 is 2.26 bits per heavy atom. The number of aliphatic hydroxyl groups is 5. The minimum absolute atomic E-state index is 0.691. The van der Waals surface area contributed by atoms with E-state index in [9.17, 15) is 15.3 Å². The standard InChI is InChI=1S/C12H18N2O5/c15-7-10(17)12(19)11(18)9(16)6-13-14-8-4-2-1-3-5-8/h1-6,9-12,14-19H,7H2/b13-6-/t9-,10+,11-,12+/m0/s1. The molecule has 19 heavy (non-hydrogen) atoms. The van der Waals surface area contributed by atoms with Gasteiger partial charge in [0.25, 0.3) is 0 Å². The zero-order valence-electron chi connectivity index (χ0n) is 10.2. The molecule has 7 heteroatoms. The molecule has 0 fully saturated rings.